The molecule has 0 aromatic heterocycles. The molecule has 0 saturated carbocycles. The van der Waals surface area contributed by atoms with Gasteiger partial charge in [-0.3, -0.25) is 9.59 Å². The molecule has 190 valence electrons. The van der Waals surface area contributed by atoms with Crippen LogP contribution in [0.2, 0.25) is 0 Å². The molecule has 0 radical (unpaired) electrons. The SMILES string of the molecule is CCCCNC(=O)C(Cc1ccccc1)N(Cc1cccc(OC)c1)C(=O)COc1ccc(Br)cc1. The molecule has 2 amide bonds. The summed E-state index contributed by atoms with van der Waals surface area (Å²) in [6.45, 7) is 2.71. The van der Waals surface area contributed by atoms with E-state index in [9.17, 15) is 9.59 Å². The van der Waals surface area contributed by atoms with Crippen LogP contribution < -0.4 is 14.8 Å². The smallest absolute Gasteiger partial charge is 0.261 e. The van der Waals surface area contributed by atoms with Crippen molar-refractivity contribution in [1.29, 1.82) is 0 Å². The number of methoxy groups -OCH3 is 1. The average molecular weight is 553 g/mol. The number of benzene rings is 3. The average Bonchev–Trinajstić information content (AvgIpc) is 2.91. The molecule has 0 aliphatic heterocycles. The van der Waals surface area contributed by atoms with Crippen molar-refractivity contribution < 1.29 is 19.1 Å². The number of halogens is 1. The summed E-state index contributed by atoms with van der Waals surface area (Å²) in [7, 11) is 1.60. The van der Waals surface area contributed by atoms with E-state index in [1.807, 2.05) is 66.7 Å². The topological polar surface area (TPSA) is 67.9 Å². The van der Waals surface area contributed by atoms with Crippen molar-refractivity contribution >= 4 is 27.7 Å². The van der Waals surface area contributed by atoms with Gasteiger partial charge in [0.25, 0.3) is 5.91 Å². The summed E-state index contributed by atoms with van der Waals surface area (Å²) in [5.74, 6) is 0.831. The standard InChI is InChI=1S/C29H33BrN2O4/c1-3-4-17-31-29(34)27(19-22-9-6-5-7-10-22)32(20-23-11-8-12-26(18-23)35-2)28(33)21-36-25-15-13-24(30)14-16-25/h5-16,18,27H,3-4,17,19-21H2,1-2H3,(H,31,34). The summed E-state index contributed by atoms with van der Waals surface area (Å²) in [5, 5.41) is 3.02. The van der Waals surface area contributed by atoms with Crippen LogP contribution in [0.5, 0.6) is 11.5 Å². The number of carbonyl (C=O) groups excluding carboxylic acids is 2. The first-order chi connectivity index (χ1) is 17.5. The zero-order valence-electron chi connectivity index (χ0n) is 20.8. The van der Waals surface area contributed by atoms with Crippen molar-refractivity contribution in [3.63, 3.8) is 0 Å². The largest absolute Gasteiger partial charge is 0.497 e. The number of hydrogen-bond acceptors (Lipinski definition) is 4. The molecule has 3 aromatic carbocycles. The molecule has 3 aromatic rings. The van der Waals surface area contributed by atoms with Gasteiger partial charge in [-0.25, -0.2) is 0 Å². The molecule has 1 unspecified atom stereocenters. The Kier molecular flexibility index (Phi) is 10.8. The van der Waals surface area contributed by atoms with E-state index in [0.717, 1.165) is 28.4 Å². The lowest BCUT2D eigenvalue weighted by Gasteiger charge is -2.31. The first kappa shape index (κ1) is 27.3. The fourth-order valence-electron chi connectivity index (χ4n) is 3.79. The lowest BCUT2D eigenvalue weighted by Crippen LogP contribution is -2.51. The third-order valence-electron chi connectivity index (χ3n) is 5.76. The first-order valence-electron chi connectivity index (χ1n) is 12.1. The predicted molar refractivity (Wildman–Crippen MR) is 145 cm³/mol. The summed E-state index contributed by atoms with van der Waals surface area (Å²) in [4.78, 5) is 28.6. The zero-order chi connectivity index (χ0) is 25.8. The van der Waals surface area contributed by atoms with Gasteiger partial charge in [0.1, 0.15) is 17.5 Å². The fourth-order valence-corrected chi connectivity index (χ4v) is 4.05. The van der Waals surface area contributed by atoms with Gasteiger partial charge in [0.15, 0.2) is 6.61 Å². The van der Waals surface area contributed by atoms with Gasteiger partial charge in [-0.05, 0) is 53.9 Å². The Hall–Kier alpha value is -3.32. The minimum absolute atomic E-state index is 0.174. The lowest BCUT2D eigenvalue weighted by atomic mass is 10.0. The molecule has 0 heterocycles. The minimum Gasteiger partial charge on any atom is -0.497 e. The summed E-state index contributed by atoms with van der Waals surface area (Å²) < 4.78 is 12.1. The normalized spacial score (nSPS) is 11.4. The third-order valence-corrected chi connectivity index (χ3v) is 6.29. The van der Waals surface area contributed by atoms with E-state index >= 15 is 0 Å². The number of hydrogen-bond donors (Lipinski definition) is 1. The van der Waals surface area contributed by atoms with Gasteiger partial charge >= 0.3 is 0 Å². The molecule has 0 aliphatic carbocycles. The number of rotatable bonds is 13. The number of unbranched alkanes of at least 4 members (excludes halogenated alkanes) is 1. The van der Waals surface area contributed by atoms with Crippen molar-refractivity contribution in [2.75, 3.05) is 20.3 Å². The van der Waals surface area contributed by atoms with Gasteiger partial charge in [-0.1, -0.05) is 71.7 Å². The second-order valence-corrected chi connectivity index (χ2v) is 9.38. The highest BCUT2D eigenvalue weighted by molar-refractivity contribution is 9.10. The summed E-state index contributed by atoms with van der Waals surface area (Å²) in [6.07, 6.45) is 2.24. The molecule has 7 heteroatoms. The van der Waals surface area contributed by atoms with Gasteiger partial charge in [-0.15, -0.1) is 0 Å². The van der Waals surface area contributed by atoms with Crippen molar-refractivity contribution in [1.82, 2.24) is 10.2 Å². The number of nitrogens with one attached hydrogen (secondary N) is 1. The second kappa shape index (κ2) is 14.3. The van der Waals surface area contributed by atoms with E-state index in [4.69, 9.17) is 9.47 Å². The van der Waals surface area contributed by atoms with Crippen molar-refractivity contribution in [3.05, 3.63) is 94.5 Å². The van der Waals surface area contributed by atoms with Crippen LogP contribution in [-0.2, 0) is 22.6 Å². The van der Waals surface area contributed by atoms with E-state index in [2.05, 4.69) is 28.2 Å². The van der Waals surface area contributed by atoms with Crippen LogP contribution in [0.25, 0.3) is 0 Å². The molecule has 0 saturated heterocycles. The predicted octanol–water partition coefficient (Wildman–Crippen LogP) is 5.39. The second-order valence-electron chi connectivity index (χ2n) is 8.47. The van der Waals surface area contributed by atoms with E-state index < -0.39 is 6.04 Å². The highest BCUT2D eigenvalue weighted by Gasteiger charge is 2.30. The molecule has 1 atom stereocenters. The molecular weight excluding hydrogens is 520 g/mol. The molecule has 1 N–H and O–H groups in total. The zero-order valence-corrected chi connectivity index (χ0v) is 22.4. The fraction of sp³-hybridized carbons (Fsp3) is 0.310. The molecule has 0 fully saturated rings. The highest BCUT2D eigenvalue weighted by atomic mass is 79.9. The maximum absolute atomic E-state index is 13.6. The molecule has 0 spiro atoms. The van der Waals surface area contributed by atoms with E-state index in [1.165, 1.54) is 0 Å². The minimum atomic E-state index is -0.698. The molecule has 36 heavy (non-hydrogen) atoms. The molecule has 3 rings (SSSR count). The van der Waals surface area contributed by atoms with Gasteiger partial charge in [-0.2, -0.15) is 0 Å². The van der Waals surface area contributed by atoms with Gasteiger partial charge < -0.3 is 19.7 Å². The van der Waals surface area contributed by atoms with Gasteiger partial charge in [0.2, 0.25) is 5.91 Å². The van der Waals surface area contributed by atoms with E-state index in [0.29, 0.717) is 24.5 Å². The Morgan fingerprint density at radius 3 is 2.36 bits per heavy atom. The van der Waals surface area contributed by atoms with Crippen LogP contribution in [0, 0.1) is 0 Å². The van der Waals surface area contributed by atoms with Crippen LogP contribution in [0.1, 0.15) is 30.9 Å². The molecule has 0 aliphatic rings. The number of ether oxygens (including phenoxy) is 2. The maximum atomic E-state index is 13.6. The summed E-state index contributed by atoms with van der Waals surface area (Å²) in [5.41, 5.74) is 1.84. The van der Waals surface area contributed by atoms with Gasteiger partial charge in [0.05, 0.1) is 7.11 Å². The Morgan fingerprint density at radius 2 is 1.67 bits per heavy atom. The van der Waals surface area contributed by atoms with Crippen LogP contribution in [0.15, 0.2) is 83.3 Å². The van der Waals surface area contributed by atoms with Crippen molar-refractivity contribution in [3.8, 4) is 11.5 Å². The van der Waals surface area contributed by atoms with Crippen molar-refractivity contribution in [2.24, 2.45) is 0 Å². The first-order valence-corrected chi connectivity index (χ1v) is 12.9. The number of nitrogens with zero attached hydrogens (tertiary/aromatic N) is 1. The van der Waals surface area contributed by atoms with Crippen LogP contribution >= 0.6 is 15.9 Å². The monoisotopic (exact) mass is 552 g/mol. The Bertz CT molecular complexity index is 1110. The summed E-state index contributed by atoms with van der Waals surface area (Å²) in [6, 6.07) is 23.9. The van der Waals surface area contributed by atoms with Crippen molar-refractivity contribution in [2.45, 2.75) is 38.8 Å². The Balaban J connectivity index is 1.89. The third kappa shape index (κ3) is 8.41. The highest BCUT2D eigenvalue weighted by Crippen LogP contribution is 2.20. The molecule has 0 bridgehead atoms. The number of carbonyl (C=O) groups is 2. The lowest BCUT2D eigenvalue weighted by molar-refractivity contribution is -0.142. The maximum Gasteiger partial charge on any atom is 0.261 e. The van der Waals surface area contributed by atoms with Crippen LogP contribution in [-0.4, -0.2) is 43.0 Å². The van der Waals surface area contributed by atoms with Crippen LogP contribution in [0.4, 0.5) is 0 Å². The number of amides is 2. The Morgan fingerprint density at radius 1 is 0.944 bits per heavy atom. The van der Waals surface area contributed by atoms with Crippen LogP contribution in [0.3, 0.4) is 0 Å². The Labute approximate surface area is 221 Å². The van der Waals surface area contributed by atoms with E-state index in [-0.39, 0.29) is 25.0 Å². The molecular formula is C29H33BrN2O4. The van der Waals surface area contributed by atoms with E-state index in [1.54, 1.807) is 24.1 Å². The van der Waals surface area contributed by atoms with Gasteiger partial charge in [0, 0.05) is 24.0 Å². The molecule has 6 nitrogen and oxygen atoms in total. The quantitative estimate of drug-likeness (QED) is 0.288. The summed E-state index contributed by atoms with van der Waals surface area (Å²) >= 11 is 3.40.